The maximum absolute atomic E-state index is 5.64. The van der Waals surface area contributed by atoms with Gasteiger partial charge in [0, 0.05) is 6.54 Å². The third-order valence-corrected chi connectivity index (χ3v) is 4.21. The van der Waals surface area contributed by atoms with Crippen LogP contribution in [-0.2, 0) is 10.3 Å². The molecule has 0 bridgehead atoms. The van der Waals surface area contributed by atoms with Crippen molar-refractivity contribution in [3.05, 3.63) is 24.2 Å². The zero-order chi connectivity index (χ0) is 17.6. The lowest BCUT2D eigenvalue weighted by molar-refractivity contribution is 0.0835. The van der Waals surface area contributed by atoms with E-state index in [0.717, 1.165) is 16.9 Å². The molecule has 1 atom stereocenters. The minimum Gasteiger partial charge on any atom is -0.377 e. The van der Waals surface area contributed by atoms with Gasteiger partial charge in [0.25, 0.3) is 5.89 Å². The maximum Gasteiger partial charge on any atom is 0.251 e. The van der Waals surface area contributed by atoms with Crippen LogP contribution in [0, 0.1) is 6.92 Å². The predicted octanol–water partition coefficient (Wildman–Crippen LogP) is 1.85. The van der Waals surface area contributed by atoms with Gasteiger partial charge in [-0.2, -0.15) is 10.1 Å². The van der Waals surface area contributed by atoms with Gasteiger partial charge in [-0.15, -0.1) is 0 Å². The summed E-state index contributed by atoms with van der Waals surface area (Å²) in [6.07, 6.45) is 3.40. The fourth-order valence-corrected chi connectivity index (χ4v) is 3.06. The Hall–Kier alpha value is -2.55. The third kappa shape index (κ3) is 2.74. The molecule has 4 rings (SSSR count). The molecule has 0 amide bonds. The fraction of sp³-hybridized carbons (Fsp3) is 0.562. The average molecular weight is 343 g/mol. The van der Waals surface area contributed by atoms with Crippen molar-refractivity contribution in [3.63, 3.8) is 0 Å². The number of anilines is 1. The first kappa shape index (κ1) is 15.9. The lowest BCUT2D eigenvalue weighted by atomic mass is 10.1. The zero-order valence-electron chi connectivity index (χ0n) is 14.8. The van der Waals surface area contributed by atoms with Gasteiger partial charge >= 0.3 is 0 Å². The molecule has 0 unspecified atom stereocenters. The van der Waals surface area contributed by atoms with Crippen LogP contribution < -0.4 is 4.90 Å². The number of aromatic nitrogens is 6. The second-order valence-electron chi connectivity index (χ2n) is 7.13. The van der Waals surface area contributed by atoms with Crippen LogP contribution in [0.25, 0.3) is 11.0 Å². The van der Waals surface area contributed by atoms with Gasteiger partial charge < -0.3 is 14.2 Å². The fourth-order valence-electron chi connectivity index (χ4n) is 3.06. The van der Waals surface area contributed by atoms with Crippen LogP contribution in [0.4, 0.5) is 5.82 Å². The van der Waals surface area contributed by atoms with E-state index in [1.807, 2.05) is 10.9 Å². The molecule has 0 radical (unpaired) electrons. The average Bonchev–Trinajstić information content (AvgIpc) is 3.20. The van der Waals surface area contributed by atoms with Crippen LogP contribution in [-0.4, -0.2) is 49.6 Å². The normalized spacial score (nSPS) is 18.9. The van der Waals surface area contributed by atoms with Gasteiger partial charge in [0.15, 0.2) is 11.5 Å². The second kappa shape index (κ2) is 5.76. The topological polar surface area (TPSA) is 95.0 Å². The van der Waals surface area contributed by atoms with Crippen molar-refractivity contribution in [3.8, 4) is 0 Å². The molecule has 1 aliphatic heterocycles. The number of hydrogen-bond acceptors (Lipinski definition) is 8. The van der Waals surface area contributed by atoms with E-state index >= 15 is 0 Å². The highest BCUT2D eigenvalue weighted by atomic mass is 16.5. The van der Waals surface area contributed by atoms with Gasteiger partial charge in [-0.1, -0.05) is 5.16 Å². The Labute approximate surface area is 145 Å². The summed E-state index contributed by atoms with van der Waals surface area (Å²) in [7, 11) is 0. The van der Waals surface area contributed by atoms with Gasteiger partial charge in [0.05, 0.1) is 30.3 Å². The number of fused-ring (bicyclic) bond motifs is 1. The van der Waals surface area contributed by atoms with E-state index in [-0.39, 0.29) is 11.6 Å². The summed E-state index contributed by atoms with van der Waals surface area (Å²) in [5, 5.41) is 9.33. The van der Waals surface area contributed by atoms with E-state index in [2.05, 4.69) is 50.9 Å². The molecule has 25 heavy (non-hydrogen) atoms. The molecule has 9 heteroatoms. The Morgan fingerprint density at radius 3 is 2.80 bits per heavy atom. The van der Waals surface area contributed by atoms with Crippen LogP contribution in [0.15, 0.2) is 17.0 Å². The minimum absolute atomic E-state index is 0.165. The van der Waals surface area contributed by atoms with Crippen molar-refractivity contribution in [2.75, 3.05) is 24.7 Å². The summed E-state index contributed by atoms with van der Waals surface area (Å²) in [6.45, 7) is 9.86. The Morgan fingerprint density at radius 1 is 1.24 bits per heavy atom. The maximum atomic E-state index is 5.64. The summed E-state index contributed by atoms with van der Waals surface area (Å²) in [5.41, 5.74) is 0.644. The highest BCUT2D eigenvalue weighted by Crippen LogP contribution is 2.33. The van der Waals surface area contributed by atoms with Crippen LogP contribution in [0.5, 0.6) is 0 Å². The molecule has 0 saturated carbocycles. The molecular weight excluding hydrogens is 322 g/mol. The first-order chi connectivity index (χ1) is 11.9. The molecule has 1 fully saturated rings. The SMILES string of the molecule is Cc1noc([C@@H]2COCCN2c2ncnc3c2cnn3C(C)(C)C)n1. The molecule has 3 aromatic heterocycles. The predicted molar refractivity (Wildman–Crippen MR) is 90.3 cm³/mol. The molecule has 0 aromatic carbocycles. The van der Waals surface area contributed by atoms with Crippen molar-refractivity contribution < 1.29 is 9.26 Å². The van der Waals surface area contributed by atoms with E-state index in [0.29, 0.717) is 31.5 Å². The molecule has 0 N–H and O–H groups in total. The number of nitrogens with zero attached hydrogens (tertiary/aromatic N) is 7. The highest BCUT2D eigenvalue weighted by Gasteiger charge is 2.32. The molecule has 1 aliphatic rings. The molecule has 0 aliphatic carbocycles. The lowest BCUT2D eigenvalue weighted by Gasteiger charge is -2.34. The second-order valence-corrected chi connectivity index (χ2v) is 7.13. The molecule has 9 nitrogen and oxygen atoms in total. The molecule has 0 spiro atoms. The summed E-state index contributed by atoms with van der Waals surface area (Å²) in [5.74, 6) is 1.95. The number of rotatable bonds is 2. The van der Waals surface area contributed by atoms with Gasteiger partial charge in [0.2, 0.25) is 0 Å². The Balaban J connectivity index is 1.81. The van der Waals surface area contributed by atoms with Gasteiger partial charge in [-0.3, -0.25) is 0 Å². The first-order valence-corrected chi connectivity index (χ1v) is 8.29. The van der Waals surface area contributed by atoms with Gasteiger partial charge in [-0.05, 0) is 27.7 Å². The van der Waals surface area contributed by atoms with Crippen LogP contribution in [0.1, 0.15) is 38.5 Å². The molecule has 1 saturated heterocycles. The van der Waals surface area contributed by atoms with E-state index in [9.17, 15) is 0 Å². The Bertz CT molecular complexity index is 895. The summed E-state index contributed by atoms with van der Waals surface area (Å²) in [6, 6.07) is -0.175. The smallest absolute Gasteiger partial charge is 0.251 e. The molecule has 4 heterocycles. The molecule has 3 aromatic rings. The standard InChI is InChI=1S/C16H21N7O2/c1-10-20-15(25-21-10)12-8-24-6-5-22(12)13-11-7-19-23(16(2,3)4)14(11)18-9-17-13/h7,9,12H,5-6,8H2,1-4H3/t12-/m0/s1. The Kier molecular flexibility index (Phi) is 3.68. The summed E-state index contributed by atoms with van der Waals surface area (Å²) in [4.78, 5) is 15.5. The van der Waals surface area contributed by atoms with Gasteiger partial charge in [0.1, 0.15) is 18.2 Å². The van der Waals surface area contributed by atoms with E-state index < -0.39 is 0 Å². The Morgan fingerprint density at radius 2 is 2.08 bits per heavy atom. The first-order valence-electron chi connectivity index (χ1n) is 8.29. The monoisotopic (exact) mass is 343 g/mol. The van der Waals surface area contributed by atoms with E-state index in [1.54, 1.807) is 13.3 Å². The van der Waals surface area contributed by atoms with Crippen molar-refractivity contribution >= 4 is 16.9 Å². The van der Waals surface area contributed by atoms with E-state index in [4.69, 9.17) is 9.26 Å². The molecular formula is C16H21N7O2. The number of morpholine rings is 1. The van der Waals surface area contributed by atoms with Crippen molar-refractivity contribution in [1.29, 1.82) is 0 Å². The van der Waals surface area contributed by atoms with E-state index in [1.165, 1.54) is 0 Å². The highest BCUT2D eigenvalue weighted by molar-refractivity contribution is 5.87. The quantitative estimate of drug-likeness (QED) is 0.696. The minimum atomic E-state index is -0.175. The van der Waals surface area contributed by atoms with Crippen LogP contribution >= 0.6 is 0 Å². The lowest BCUT2D eigenvalue weighted by Crippen LogP contribution is -2.40. The van der Waals surface area contributed by atoms with Gasteiger partial charge in [-0.25, -0.2) is 14.6 Å². The zero-order valence-corrected chi connectivity index (χ0v) is 14.8. The number of ether oxygens (including phenoxy) is 1. The van der Waals surface area contributed by atoms with Crippen molar-refractivity contribution in [2.24, 2.45) is 0 Å². The van der Waals surface area contributed by atoms with Crippen molar-refractivity contribution in [1.82, 2.24) is 29.9 Å². The number of hydrogen-bond donors (Lipinski definition) is 0. The van der Waals surface area contributed by atoms with Crippen LogP contribution in [0.3, 0.4) is 0 Å². The summed E-state index contributed by atoms with van der Waals surface area (Å²) >= 11 is 0. The number of aryl methyl sites for hydroxylation is 1. The largest absolute Gasteiger partial charge is 0.377 e. The third-order valence-electron chi connectivity index (χ3n) is 4.21. The molecule has 132 valence electrons. The van der Waals surface area contributed by atoms with Crippen LogP contribution in [0.2, 0.25) is 0 Å². The van der Waals surface area contributed by atoms with Crippen molar-refractivity contribution in [2.45, 2.75) is 39.3 Å². The summed E-state index contributed by atoms with van der Waals surface area (Å²) < 4.78 is 12.9.